The molecule has 16 heavy (non-hydrogen) atoms. The second-order valence-electron chi connectivity index (χ2n) is 5.56. The van der Waals surface area contributed by atoms with Crippen molar-refractivity contribution >= 4 is 8.07 Å². The Morgan fingerprint density at radius 3 is 1.94 bits per heavy atom. The van der Waals surface area contributed by atoms with Crippen molar-refractivity contribution in [1.29, 1.82) is 0 Å². The third-order valence-corrected chi connectivity index (χ3v) is 4.25. The van der Waals surface area contributed by atoms with E-state index in [1.54, 1.807) is 14.2 Å². The van der Waals surface area contributed by atoms with Crippen molar-refractivity contribution in [2.24, 2.45) is 0 Å². The fourth-order valence-electron chi connectivity index (χ4n) is 1.69. The van der Waals surface area contributed by atoms with Crippen LogP contribution in [0.15, 0.2) is 0 Å². The summed E-state index contributed by atoms with van der Waals surface area (Å²) < 4.78 is 16.4. The molecule has 0 saturated heterocycles. The van der Waals surface area contributed by atoms with Crippen LogP contribution in [0.3, 0.4) is 0 Å². The van der Waals surface area contributed by atoms with Gasteiger partial charge in [-0.05, 0) is 12.5 Å². The van der Waals surface area contributed by atoms with Crippen LogP contribution in [0.1, 0.15) is 26.7 Å². The Labute approximate surface area is 101 Å². The molecule has 98 valence electrons. The lowest BCUT2D eigenvalue weighted by Crippen LogP contribution is -2.40. The number of hydrogen-bond donors (Lipinski definition) is 0. The predicted octanol–water partition coefficient (Wildman–Crippen LogP) is 3.48. The molecule has 0 spiro atoms. The molecule has 0 fully saturated rings. The Hall–Kier alpha value is 0.0969. The third kappa shape index (κ3) is 6.63. The average molecular weight is 248 g/mol. The quantitative estimate of drug-likeness (QED) is 0.486. The molecule has 0 amide bonds. The summed E-state index contributed by atoms with van der Waals surface area (Å²) in [5, 5.41) is 0. The van der Waals surface area contributed by atoms with Crippen molar-refractivity contribution < 1.29 is 14.2 Å². The molecule has 0 rings (SSSR count). The van der Waals surface area contributed by atoms with Gasteiger partial charge in [0.25, 0.3) is 5.97 Å². The van der Waals surface area contributed by atoms with Gasteiger partial charge in [0.1, 0.15) is 0 Å². The summed E-state index contributed by atoms with van der Waals surface area (Å²) >= 11 is 0. The van der Waals surface area contributed by atoms with Crippen molar-refractivity contribution in [3.63, 3.8) is 0 Å². The summed E-state index contributed by atoms with van der Waals surface area (Å²) in [5.41, 5.74) is 0. The standard InChI is InChI=1S/C12H28O3Si/c1-8-9-11(10-16(5,6)7)15-12(2,13-3)14-4/h11H,8-10H2,1-7H3. The van der Waals surface area contributed by atoms with Crippen LogP contribution in [0.5, 0.6) is 0 Å². The van der Waals surface area contributed by atoms with E-state index >= 15 is 0 Å². The molecule has 0 aromatic carbocycles. The molecule has 1 unspecified atom stereocenters. The molecule has 3 nitrogen and oxygen atoms in total. The molecule has 0 saturated carbocycles. The summed E-state index contributed by atoms with van der Waals surface area (Å²) in [6.45, 7) is 11.1. The maximum absolute atomic E-state index is 5.94. The van der Waals surface area contributed by atoms with E-state index in [0.29, 0.717) is 0 Å². The number of ether oxygens (including phenoxy) is 3. The zero-order valence-corrected chi connectivity index (χ0v) is 12.9. The van der Waals surface area contributed by atoms with Gasteiger partial charge in [-0.2, -0.15) is 0 Å². The van der Waals surface area contributed by atoms with Crippen LogP contribution < -0.4 is 0 Å². The first-order valence-corrected chi connectivity index (χ1v) is 9.75. The van der Waals surface area contributed by atoms with Crippen molar-refractivity contribution in [3.05, 3.63) is 0 Å². The molecule has 0 aromatic rings. The minimum Gasteiger partial charge on any atom is -0.331 e. The van der Waals surface area contributed by atoms with Crippen LogP contribution in [0.2, 0.25) is 25.7 Å². The van der Waals surface area contributed by atoms with Gasteiger partial charge in [-0.1, -0.05) is 33.0 Å². The van der Waals surface area contributed by atoms with Crippen LogP contribution >= 0.6 is 0 Å². The van der Waals surface area contributed by atoms with Crippen molar-refractivity contribution in [2.45, 2.75) is 64.5 Å². The maximum atomic E-state index is 5.94. The van der Waals surface area contributed by atoms with Crippen LogP contribution in [0.25, 0.3) is 0 Å². The van der Waals surface area contributed by atoms with Crippen LogP contribution in [-0.4, -0.2) is 34.4 Å². The minimum atomic E-state index is -1.12. The molecule has 0 heterocycles. The Morgan fingerprint density at radius 2 is 1.62 bits per heavy atom. The fourth-order valence-corrected chi connectivity index (χ4v) is 3.34. The normalized spacial score (nSPS) is 15.2. The van der Waals surface area contributed by atoms with E-state index < -0.39 is 14.0 Å². The Balaban J connectivity index is 4.43. The van der Waals surface area contributed by atoms with Gasteiger partial charge in [0.2, 0.25) is 0 Å². The van der Waals surface area contributed by atoms with Gasteiger partial charge in [-0.3, -0.25) is 0 Å². The topological polar surface area (TPSA) is 27.7 Å². The number of rotatable bonds is 8. The second-order valence-corrected chi connectivity index (χ2v) is 11.1. The molecule has 0 aromatic heterocycles. The minimum absolute atomic E-state index is 0.238. The van der Waals surface area contributed by atoms with Gasteiger partial charge < -0.3 is 14.2 Å². The maximum Gasteiger partial charge on any atom is 0.279 e. The lowest BCUT2D eigenvalue weighted by molar-refractivity contribution is -0.364. The largest absolute Gasteiger partial charge is 0.331 e. The van der Waals surface area contributed by atoms with Gasteiger partial charge in [0.05, 0.1) is 6.10 Å². The van der Waals surface area contributed by atoms with E-state index in [4.69, 9.17) is 14.2 Å². The molecule has 1 atom stereocenters. The summed E-state index contributed by atoms with van der Waals surface area (Å²) in [5.74, 6) is -0.903. The zero-order chi connectivity index (χ0) is 12.8. The van der Waals surface area contributed by atoms with Crippen molar-refractivity contribution in [1.82, 2.24) is 0 Å². The molecule has 0 bridgehead atoms. The molecular weight excluding hydrogens is 220 g/mol. The Bertz CT molecular complexity index is 185. The van der Waals surface area contributed by atoms with Crippen molar-refractivity contribution in [3.8, 4) is 0 Å². The van der Waals surface area contributed by atoms with Crippen LogP contribution in [0.4, 0.5) is 0 Å². The summed E-state index contributed by atoms with van der Waals surface area (Å²) in [6, 6.07) is 1.14. The molecule has 0 aliphatic heterocycles. The lowest BCUT2D eigenvalue weighted by Gasteiger charge is -2.33. The fraction of sp³-hybridized carbons (Fsp3) is 1.00. The van der Waals surface area contributed by atoms with Crippen molar-refractivity contribution in [2.75, 3.05) is 14.2 Å². The summed E-state index contributed by atoms with van der Waals surface area (Å²) in [7, 11) is 2.11. The molecular formula is C12H28O3Si. The highest BCUT2D eigenvalue weighted by Crippen LogP contribution is 2.24. The monoisotopic (exact) mass is 248 g/mol. The van der Waals surface area contributed by atoms with E-state index in [-0.39, 0.29) is 6.10 Å². The first-order chi connectivity index (χ1) is 7.26. The molecule has 0 aliphatic rings. The number of hydrogen-bond acceptors (Lipinski definition) is 3. The Kier molecular flexibility index (Phi) is 6.78. The van der Waals surface area contributed by atoms with Gasteiger partial charge in [0, 0.05) is 29.2 Å². The SMILES string of the molecule is CCCC(C[Si](C)(C)C)OC(C)(OC)OC. The molecule has 0 aliphatic carbocycles. The van der Waals surface area contributed by atoms with Crippen LogP contribution in [0, 0.1) is 0 Å². The number of methoxy groups -OCH3 is 2. The highest BCUT2D eigenvalue weighted by atomic mass is 28.3. The first kappa shape index (κ1) is 16.1. The highest BCUT2D eigenvalue weighted by Gasteiger charge is 2.30. The van der Waals surface area contributed by atoms with E-state index in [1.165, 1.54) is 0 Å². The van der Waals surface area contributed by atoms with Crippen LogP contribution in [-0.2, 0) is 14.2 Å². The van der Waals surface area contributed by atoms with Gasteiger partial charge in [0.15, 0.2) is 0 Å². The summed E-state index contributed by atoms with van der Waals surface area (Å²) in [4.78, 5) is 0. The van der Waals surface area contributed by atoms with Gasteiger partial charge >= 0.3 is 0 Å². The van der Waals surface area contributed by atoms with Gasteiger partial charge in [-0.25, -0.2) is 0 Å². The molecule has 4 heteroatoms. The second kappa shape index (κ2) is 6.74. The zero-order valence-electron chi connectivity index (χ0n) is 11.9. The average Bonchev–Trinajstić information content (AvgIpc) is 2.15. The molecule has 0 N–H and O–H groups in total. The van der Waals surface area contributed by atoms with E-state index in [9.17, 15) is 0 Å². The third-order valence-electron chi connectivity index (χ3n) is 2.57. The van der Waals surface area contributed by atoms with E-state index in [2.05, 4.69) is 26.6 Å². The first-order valence-electron chi connectivity index (χ1n) is 6.04. The van der Waals surface area contributed by atoms with E-state index in [1.807, 2.05) is 6.92 Å². The highest BCUT2D eigenvalue weighted by molar-refractivity contribution is 6.76. The smallest absolute Gasteiger partial charge is 0.279 e. The van der Waals surface area contributed by atoms with E-state index in [0.717, 1.165) is 18.9 Å². The molecule has 0 radical (unpaired) electrons. The summed E-state index contributed by atoms with van der Waals surface area (Å²) in [6.07, 6.45) is 2.42. The Morgan fingerprint density at radius 1 is 1.12 bits per heavy atom. The van der Waals surface area contributed by atoms with Gasteiger partial charge in [-0.15, -0.1) is 0 Å². The predicted molar refractivity (Wildman–Crippen MR) is 70.4 cm³/mol. The lowest BCUT2D eigenvalue weighted by atomic mass is 10.2.